The van der Waals surface area contributed by atoms with Crippen molar-refractivity contribution in [3.8, 4) is 5.69 Å². The molecule has 122 valence electrons. The molecule has 0 aliphatic carbocycles. The Morgan fingerprint density at radius 3 is 2.92 bits per heavy atom. The summed E-state index contributed by atoms with van der Waals surface area (Å²) in [5.41, 5.74) is 9.08. The summed E-state index contributed by atoms with van der Waals surface area (Å²) in [4.78, 5) is 14.0. The Bertz CT molecular complexity index is 915. The number of anilines is 1. The van der Waals surface area contributed by atoms with Gasteiger partial charge in [0.05, 0.1) is 41.2 Å². The number of nitrogen functional groups attached to an aromatic ring is 1. The number of nitrogens with two attached hydrogens (primary N) is 1. The molecular weight excluding hydrogens is 346 g/mol. The van der Waals surface area contributed by atoms with Gasteiger partial charge in [0.15, 0.2) is 5.78 Å². The smallest absolute Gasteiger partial charge is 0.199 e. The van der Waals surface area contributed by atoms with Crippen molar-refractivity contribution in [3.05, 3.63) is 63.2 Å². The quantitative estimate of drug-likeness (QED) is 0.727. The second-order valence-corrected chi connectivity index (χ2v) is 7.10. The van der Waals surface area contributed by atoms with E-state index in [1.54, 1.807) is 29.2 Å². The van der Waals surface area contributed by atoms with Gasteiger partial charge >= 0.3 is 0 Å². The fourth-order valence-electron chi connectivity index (χ4n) is 2.82. The van der Waals surface area contributed by atoms with Crippen LogP contribution in [0.25, 0.3) is 5.69 Å². The number of hydrogen-bond acceptors (Lipinski definition) is 5. The van der Waals surface area contributed by atoms with Crippen LogP contribution in [0.4, 0.5) is 5.00 Å². The zero-order chi connectivity index (χ0) is 16.7. The zero-order valence-corrected chi connectivity index (χ0v) is 14.2. The van der Waals surface area contributed by atoms with Gasteiger partial charge < -0.3 is 10.5 Å². The van der Waals surface area contributed by atoms with Crippen LogP contribution in [0, 0.1) is 0 Å². The summed E-state index contributed by atoms with van der Waals surface area (Å²) < 4.78 is 7.09. The third-order valence-corrected chi connectivity index (χ3v) is 5.30. The van der Waals surface area contributed by atoms with Gasteiger partial charge in [0.25, 0.3) is 0 Å². The molecule has 0 atom stereocenters. The number of benzene rings is 1. The van der Waals surface area contributed by atoms with E-state index in [9.17, 15) is 4.79 Å². The average Bonchev–Trinajstić information content (AvgIpc) is 3.19. The molecule has 0 saturated heterocycles. The number of rotatable bonds is 3. The first kappa shape index (κ1) is 15.4. The van der Waals surface area contributed by atoms with Crippen molar-refractivity contribution < 1.29 is 9.53 Å². The van der Waals surface area contributed by atoms with Crippen molar-refractivity contribution in [1.82, 2.24) is 9.78 Å². The molecule has 1 aliphatic heterocycles. The zero-order valence-electron chi connectivity index (χ0n) is 12.7. The number of fused-ring (bicyclic) bond motifs is 1. The Balaban J connectivity index is 1.69. The maximum Gasteiger partial charge on any atom is 0.199 e. The van der Waals surface area contributed by atoms with Gasteiger partial charge in [-0.15, -0.1) is 11.3 Å². The molecule has 1 aromatic carbocycles. The maximum atomic E-state index is 12.9. The summed E-state index contributed by atoms with van der Waals surface area (Å²) in [5, 5.41) is 5.48. The highest BCUT2D eigenvalue weighted by Crippen LogP contribution is 2.35. The highest BCUT2D eigenvalue weighted by Gasteiger charge is 2.26. The van der Waals surface area contributed by atoms with Crippen molar-refractivity contribution in [2.24, 2.45) is 0 Å². The molecule has 1 aliphatic rings. The first-order valence-electron chi connectivity index (χ1n) is 7.46. The molecule has 3 aromatic rings. The third kappa shape index (κ3) is 2.62. The molecule has 3 heterocycles. The minimum atomic E-state index is -0.0906. The Hall–Kier alpha value is -2.15. The molecule has 0 unspecified atom stereocenters. The molecule has 0 radical (unpaired) electrons. The molecule has 0 saturated carbocycles. The monoisotopic (exact) mass is 359 g/mol. The van der Waals surface area contributed by atoms with Crippen LogP contribution in [0.1, 0.15) is 26.4 Å². The van der Waals surface area contributed by atoms with E-state index in [4.69, 9.17) is 22.1 Å². The predicted octanol–water partition coefficient (Wildman–Crippen LogP) is 3.47. The van der Waals surface area contributed by atoms with Crippen molar-refractivity contribution >= 4 is 33.7 Å². The van der Waals surface area contributed by atoms with E-state index < -0.39 is 0 Å². The molecule has 0 spiro atoms. The number of thiophene rings is 1. The lowest BCUT2D eigenvalue weighted by molar-refractivity contribution is 0.102. The number of ketones is 1. The molecule has 0 bridgehead atoms. The normalized spacial score (nSPS) is 13.7. The van der Waals surface area contributed by atoms with Crippen LogP contribution in [0.15, 0.2) is 36.7 Å². The summed E-state index contributed by atoms with van der Waals surface area (Å²) in [6.07, 6.45) is 4.00. The van der Waals surface area contributed by atoms with E-state index in [0.717, 1.165) is 22.5 Å². The number of carbonyl (C=O) groups excluding carboxylic acids is 1. The van der Waals surface area contributed by atoms with E-state index in [0.29, 0.717) is 34.4 Å². The molecule has 5 nitrogen and oxygen atoms in total. The Kier molecular flexibility index (Phi) is 3.88. The van der Waals surface area contributed by atoms with E-state index in [1.807, 2.05) is 12.1 Å². The van der Waals surface area contributed by atoms with Crippen LogP contribution < -0.4 is 5.73 Å². The first-order chi connectivity index (χ1) is 11.6. The van der Waals surface area contributed by atoms with Gasteiger partial charge in [-0.25, -0.2) is 4.68 Å². The molecule has 7 heteroatoms. The molecule has 2 N–H and O–H groups in total. The van der Waals surface area contributed by atoms with Crippen molar-refractivity contribution in [2.45, 2.75) is 13.0 Å². The maximum absolute atomic E-state index is 12.9. The number of ether oxygens (including phenoxy) is 1. The summed E-state index contributed by atoms with van der Waals surface area (Å²) in [5.74, 6) is -0.0906. The number of hydrogen-bond donors (Lipinski definition) is 1. The van der Waals surface area contributed by atoms with Gasteiger partial charge in [-0.05, 0) is 36.2 Å². The lowest BCUT2D eigenvalue weighted by Gasteiger charge is -2.12. The molecule has 0 amide bonds. The molecular formula is C17H14ClN3O2S. The Morgan fingerprint density at radius 2 is 2.12 bits per heavy atom. The number of nitrogens with zero attached hydrogens (tertiary/aromatic N) is 2. The van der Waals surface area contributed by atoms with Crippen molar-refractivity contribution in [1.29, 1.82) is 0 Å². The average molecular weight is 360 g/mol. The minimum absolute atomic E-state index is 0.0906. The molecule has 4 rings (SSSR count). The van der Waals surface area contributed by atoms with Crippen molar-refractivity contribution in [2.75, 3.05) is 12.3 Å². The number of aromatic nitrogens is 2. The Morgan fingerprint density at radius 1 is 1.33 bits per heavy atom. The summed E-state index contributed by atoms with van der Waals surface area (Å²) >= 11 is 7.34. The summed E-state index contributed by atoms with van der Waals surface area (Å²) in [6.45, 7) is 1.15. The number of carbonyl (C=O) groups is 1. The molecule has 24 heavy (non-hydrogen) atoms. The van der Waals surface area contributed by atoms with Gasteiger partial charge in [-0.1, -0.05) is 11.6 Å². The van der Waals surface area contributed by atoms with Crippen LogP contribution in [-0.4, -0.2) is 22.2 Å². The molecule has 0 fully saturated rings. The highest BCUT2D eigenvalue weighted by atomic mass is 35.5. The van der Waals surface area contributed by atoms with Crippen LogP contribution in [0.3, 0.4) is 0 Å². The fraction of sp³-hybridized carbons (Fsp3) is 0.176. The third-order valence-electron chi connectivity index (χ3n) is 4.01. The molecule has 2 aromatic heterocycles. The van der Waals surface area contributed by atoms with E-state index in [2.05, 4.69) is 5.10 Å². The number of halogens is 1. The lowest BCUT2D eigenvalue weighted by atomic mass is 9.99. The minimum Gasteiger partial charge on any atom is -0.390 e. The van der Waals surface area contributed by atoms with E-state index in [1.165, 1.54) is 11.3 Å². The Labute approximate surface area is 147 Å². The SMILES string of the molecule is Nc1sc2c(c1C(=O)c1cnn(-c3ccc(Cl)cc3)c1)CCOC2. The van der Waals surface area contributed by atoms with Gasteiger partial charge in [-0.2, -0.15) is 5.10 Å². The standard InChI is InChI=1S/C17H14ClN3O2S/c18-11-1-3-12(4-2-11)21-8-10(7-20-21)16(22)15-13-5-6-23-9-14(13)24-17(15)19/h1-4,7-8H,5-6,9,19H2. The van der Waals surface area contributed by atoms with E-state index in [-0.39, 0.29) is 5.78 Å². The van der Waals surface area contributed by atoms with Crippen LogP contribution in [0.5, 0.6) is 0 Å². The van der Waals surface area contributed by atoms with Gasteiger partial charge in [0.2, 0.25) is 0 Å². The van der Waals surface area contributed by atoms with Gasteiger partial charge in [-0.3, -0.25) is 4.79 Å². The second kappa shape index (κ2) is 6.05. The van der Waals surface area contributed by atoms with Crippen LogP contribution >= 0.6 is 22.9 Å². The fourth-order valence-corrected chi connectivity index (χ4v) is 4.00. The van der Waals surface area contributed by atoms with Crippen LogP contribution in [-0.2, 0) is 17.8 Å². The second-order valence-electron chi connectivity index (χ2n) is 5.52. The lowest BCUT2D eigenvalue weighted by Crippen LogP contribution is -2.12. The first-order valence-corrected chi connectivity index (χ1v) is 8.66. The predicted molar refractivity (Wildman–Crippen MR) is 94.1 cm³/mol. The largest absolute Gasteiger partial charge is 0.390 e. The van der Waals surface area contributed by atoms with Crippen LogP contribution in [0.2, 0.25) is 5.02 Å². The van der Waals surface area contributed by atoms with Crippen molar-refractivity contribution in [3.63, 3.8) is 0 Å². The van der Waals surface area contributed by atoms with E-state index >= 15 is 0 Å². The van der Waals surface area contributed by atoms with Gasteiger partial charge in [0.1, 0.15) is 0 Å². The summed E-state index contributed by atoms with van der Waals surface area (Å²) in [6, 6.07) is 7.27. The highest BCUT2D eigenvalue weighted by molar-refractivity contribution is 7.16. The topological polar surface area (TPSA) is 70.1 Å². The van der Waals surface area contributed by atoms with Gasteiger partial charge in [0, 0.05) is 16.1 Å². The summed E-state index contributed by atoms with van der Waals surface area (Å²) in [7, 11) is 0.